The van der Waals surface area contributed by atoms with Gasteiger partial charge in [-0.1, -0.05) is 13.8 Å². The highest BCUT2D eigenvalue weighted by Gasteiger charge is 2.40. The number of nitrogens with zero attached hydrogens (tertiary/aromatic N) is 1. The fraction of sp³-hybridized carbons (Fsp3) is 0.500. The molecule has 1 fully saturated rings. The van der Waals surface area contributed by atoms with Gasteiger partial charge < -0.3 is 10.2 Å². The number of nitrogens with two attached hydrogens (primary N) is 1. The van der Waals surface area contributed by atoms with E-state index in [9.17, 15) is 12.8 Å². The summed E-state index contributed by atoms with van der Waals surface area (Å²) in [5.41, 5.74) is 6.58. The second-order valence-corrected chi connectivity index (χ2v) is 8.71. The molecule has 2 aromatic rings. The van der Waals surface area contributed by atoms with E-state index in [0.29, 0.717) is 36.0 Å². The van der Waals surface area contributed by atoms with Gasteiger partial charge in [0.05, 0.1) is 0 Å². The molecule has 1 aliphatic heterocycles. The molecule has 1 aromatic carbocycles. The molecule has 3 rings (SSSR count). The predicted molar refractivity (Wildman–Crippen MR) is 93.3 cm³/mol. The maximum atomic E-state index is 13.4. The predicted octanol–water partition coefficient (Wildman–Crippen LogP) is 3.05. The molecule has 5 nitrogen and oxygen atoms in total. The van der Waals surface area contributed by atoms with Gasteiger partial charge in [0.2, 0.25) is 5.09 Å². The summed E-state index contributed by atoms with van der Waals surface area (Å²) in [5.74, 6) is -0.421. The summed E-state index contributed by atoms with van der Waals surface area (Å²) in [7, 11) is -3.77. The molecule has 0 spiro atoms. The van der Waals surface area contributed by atoms with Gasteiger partial charge in [0.15, 0.2) is 0 Å². The number of hydrogen-bond acceptors (Lipinski definition) is 4. The molecular weight excluding hydrogens is 355 g/mol. The number of piperidine rings is 1. The Kier molecular flexibility index (Phi) is 5.03. The van der Waals surface area contributed by atoms with Crippen LogP contribution in [0, 0.1) is 18.2 Å². The van der Waals surface area contributed by atoms with Gasteiger partial charge in [0, 0.05) is 30.1 Å². The van der Waals surface area contributed by atoms with Crippen molar-refractivity contribution in [3.8, 4) is 0 Å². The SMILES string of the molecule is Cc1c(S(=O)(=O)N2CCC(N)C(C)(C)C2)oc2ccc(F)cc12.Cl. The quantitative estimate of drug-likeness (QED) is 0.873. The van der Waals surface area contributed by atoms with Gasteiger partial charge in [-0.25, -0.2) is 12.8 Å². The van der Waals surface area contributed by atoms with Crippen LogP contribution in [0.2, 0.25) is 0 Å². The number of fused-ring (bicyclic) bond motifs is 1. The lowest BCUT2D eigenvalue weighted by molar-refractivity contribution is 0.154. The van der Waals surface area contributed by atoms with Crippen LogP contribution >= 0.6 is 12.4 Å². The Labute approximate surface area is 147 Å². The Morgan fingerprint density at radius 1 is 1.38 bits per heavy atom. The van der Waals surface area contributed by atoms with E-state index in [1.165, 1.54) is 22.5 Å². The zero-order chi connectivity index (χ0) is 17.0. The van der Waals surface area contributed by atoms with E-state index in [-0.39, 0.29) is 29.0 Å². The minimum Gasteiger partial charge on any atom is -0.443 e. The lowest BCUT2D eigenvalue weighted by Crippen LogP contribution is -2.53. The number of halogens is 2. The zero-order valence-corrected chi connectivity index (χ0v) is 15.5. The van der Waals surface area contributed by atoms with Gasteiger partial charge in [0.1, 0.15) is 11.4 Å². The third kappa shape index (κ3) is 3.06. The van der Waals surface area contributed by atoms with E-state index < -0.39 is 15.8 Å². The number of furan rings is 1. The Morgan fingerprint density at radius 2 is 2.04 bits per heavy atom. The van der Waals surface area contributed by atoms with Crippen LogP contribution < -0.4 is 5.73 Å². The third-order valence-corrected chi connectivity index (χ3v) is 6.56. The molecule has 0 saturated carbocycles. The van der Waals surface area contributed by atoms with E-state index in [0.717, 1.165) is 0 Å². The summed E-state index contributed by atoms with van der Waals surface area (Å²) in [6.07, 6.45) is 0.597. The molecular formula is C16H22ClFN2O3S. The van der Waals surface area contributed by atoms with Crippen LogP contribution in [0.1, 0.15) is 25.8 Å². The molecule has 0 radical (unpaired) electrons. The van der Waals surface area contributed by atoms with Crippen LogP contribution in [0.5, 0.6) is 0 Å². The smallest absolute Gasteiger partial charge is 0.276 e. The first-order valence-electron chi connectivity index (χ1n) is 7.57. The highest BCUT2D eigenvalue weighted by atomic mass is 35.5. The number of rotatable bonds is 2. The lowest BCUT2D eigenvalue weighted by atomic mass is 9.81. The summed E-state index contributed by atoms with van der Waals surface area (Å²) >= 11 is 0. The minimum absolute atomic E-state index is 0. The molecule has 1 unspecified atom stereocenters. The Morgan fingerprint density at radius 3 is 2.67 bits per heavy atom. The summed E-state index contributed by atoms with van der Waals surface area (Å²) in [6.45, 7) is 6.25. The van der Waals surface area contributed by atoms with Crippen molar-refractivity contribution < 1.29 is 17.2 Å². The number of aryl methyl sites for hydroxylation is 1. The maximum Gasteiger partial charge on any atom is 0.276 e. The van der Waals surface area contributed by atoms with Crippen LogP contribution in [0.25, 0.3) is 11.0 Å². The van der Waals surface area contributed by atoms with Crippen molar-refractivity contribution in [3.63, 3.8) is 0 Å². The Balaban J connectivity index is 0.00000208. The highest BCUT2D eigenvalue weighted by molar-refractivity contribution is 7.89. The molecule has 2 N–H and O–H groups in total. The molecule has 2 heterocycles. The van der Waals surface area contributed by atoms with Gasteiger partial charge in [-0.3, -0.25) is 0 Å². The molecule has 0 bridgehead atoms. The standard InChI is InChI=1S/C16H21FN2O3S.ClH/c1-10-12-8-11(17)4-5-13(12)22-15(10)23(20,21)19-7-6-14(18)16(2,3)9-19;/h4-5,8,14H,6-7,9,18H2,1-3H3;1H. The molecule has 8 heteroatoms. The van der Waals surface area contributed by atoms with Crippen molar-refractivity contribution in [2.24, 2.45) is 11.1 Å². The van der Waals surface area contributed by atoms with Crippen molar-refractivity contribution in [1.29, 1.82) is 0 Å². The van der Waals surface area contributed by atoms with Gasteiger partial charge >= 0.3 is 0 Å². The summed E-state index contributed by atoms with van der Waals surface area (Å²) < 4.78 is 46.3. The second kappa shape index (κ2) is 6.29. The van der Waals surface area contributed by atoms with Crippen LogP contribution in [0.15, 0.2) is 27.7 Å². The van der Waals surface area contributed by atoms with E-state index in [2.05, 4.69) is 0 Å². The van der Waals surface area contributed by atoms with Crippen LogP contribution in [-0.4, -0.2) is 31.9 Å². The summed E-state index contributed by atoms with van der Waals surface area (Å²) in [4.78, 5) is 0. The number of benzene rings is 1. The first-order chi connectivity index (χ1) is 10.6. The number of sulfonamides is 1. The van der Waals surface area contributed by atoms with E-state index in [1.807, 2.05) is 13.8 Å². The molecule has 1 atom stereocenters. The first kappa shape index (κ1) is 19.2. The maximum absolute atomic E-state index is 13.4. The van der Waals surface area contributed by atoms with Gasteiger partial charge in [-0.05, 0) is 37.0 Å². The Bertz CT molecular complexity index is 864. The molecule has 134 valence electrons. The van der Waals surface area contributed by atoms with E-state index >= 15 is 0 Å². The van der Waals surface area contributed by atoms with E-state index in [1.54, 1.807) is 6.92 Å². The third-order valence-electron chi connectivity index (χ3n) is 4.71. The Hall–Kier alpha value is -1.15. The minimum atomic E-state index is -3.77. The van der Waals surface area contributed by atoms with Gasteiger partial charge in [0.25, 0.3) is 10.0 Å². The van der Waals surface area contributed by atoms with E-state index in [4.69, 9.17) is 10.2 Å². The normalized spacial score (nSPS) is 21.6. The number of hydrogen-bond donors (Lipinski definition) is 1. The highest BCUT2D eigenvalue weighted by Crippen LogP contribution is 2.35. The average Bonchev–Trinajstić information content (AvgIpc) is 2.79. The van der Waals surface area contributed by atoms with Gasteiger partial charge in [-0.2, -0.15) is 4.31 Å². The summed E-state index contributed by atoms with van der Waals surface area (Å²) in [5, 5.41) is 0.376. The molecule has 1 aromatic heterocycles. The molecule has 24 heavy (non-hydrogen) atoms. The van der Waals surface area contributed by atoms with Crippen LogP contribution in [0.3, 0.4) is 0 Å². The largest absolute Gasteiger partial charge is 0.443 e. The zero-order valence-electron chi connectivity index (χ0n) is 13.9. The van der Waals surface area contributed by atoms with Crippen molar-refractivity contribution in [2.45, 2.75) is 38.3 Å². The topological polar surface area (TPSA) is 76.5 Å². The second-order valence-electron chi connectivity index (χ2n) is 6.88. The summed E-state index contributed by atoms with van der Waals surface area (Å²) in [6, 6.07) is 3.96. The van der Waals surface area contributed by atoms with Crippen molar-refractivity contribution >= 4 is 33.4 Å². The van der Waals surface area contributed by atoms with Crippen molar-refractivity contribution in [2.75, 3.05) is 13.1 Å². The molecule has 0 aliphatic carbocycles. The van der Waals surface area contributed by atoms with Crippen LogP contribution in [0.4, 0.5) is 4.39 Å². The van der Waals surface area contributed by atoms with Crippen molar-refractivity contribution in [1.82, 2.24) is 4.31 Å². The van der Waals surface area contributed by atoms with Crippen LogP contribution in [-0.2, 0) is 10.0 Å². The molecule has 1 saturated heterocycles. The molecule has 1 aliphatic rings. The lowest BCUT2D eigenvalue weighted by Gasteiger charge is -2.41. The average molecular weight is 377 g/mol. The molecule has 0 amide bonds. The van der Waals surface area contributed by atoms with Gasteiger partial charge in [-0.15, -0.1) is 12.4 Å². The first-order valence-corrected chi connectivity index (χ1v) is 9.01. The fourth-order valence-electron chi connectivity index (χ4n) is 3.06. The fourth-order valence-corrected chi connectivity index (χ4v) is 4.84. The van der Waals surface area contributed by atoms with Crippen molar-refractivity contribution in [3.05, 3.63) is 29.6 Å². The monoisotopic (exact) mass is 376 g/mol.